The van der Waals surface area contributed by atoms with Crippen LogP contribution in [-0.2, 0) is 4.79 Å². The first-order valence-electron chi connectivity index (χ1n) is 10.7. The number of carbonyl (C=O) groups excluding carboxylic acids is 1. The van der Waals surface area contributed by atoms with E-state index in [-0.39, 0.29) is 35.5 Å². The van der Waals surface area contributed by atoms with E-state index in [9.17, 15) is 23.1 Å². The Morgan fingerprint density at radius 2 is 1.59 bits per heavy atom. The van der Waals surface area contributed by atoms with Gasteiger partial charge in [-0.15, -0.1) is 0 Å². The van der Waals surface area contributed by atoms with Crippen LogP contribution < -0.4 is 0 Å². The fourth-order valence-electron chi connectivity index (χ4n) is 8.17. The minimum Gasteiger partial charge on any atom is -0.380 e. The second-order valence-corrected chi connectivity index (χ2v) is 10.7. The molecule has 0 aromatic rings. The largest absolute Gasteiger partial charge is 0.417 e. The van der Waals surface area contributed by atoms with E-state index >= 15 is 0 Å². The molecule has 0 bridgehead atoms. The van der Waals surface area contributed by atoms with Crippen LogP contribution in [0.1, 0.15) is 78.6 Å². The zero-order valence-electron chi connectivity index (χ0n) is 16.7. The van der Waals surface area contributed by atoms with Crippen molar-refractivity contribution in [1.82, 2.24) is 0 Å². The molecule has 0 amide bonds. The number of Topliss-reactive ketones (excluding diaryl/α,β-unsaturated/α-hetero) is 1. The minimum atomic E-state index is -4.53. The number of carbonyl (C=O) groups is 1. The first-order chi connectivity index (χ1) is 12.4. The Morgan fingerprint density at radius 1 is 0.926 bits per heavy atom. The first kappa shape index (κ1) is 19.7. The van der Waals surface area contributed by atoms with Gasteiger partial charge in [-0.05, 0) is 99.2 Å². The number of halogens is 3. The van der Waals surface area contributed by atoms with Crippen molar-refractivity contribution in [2.45, 2.75) is 90.3 Å². The number of alkyl halides is 3. The standard InChI is InChI=1S/C22H33F3O2/c1-13(26)16-6-7-17-15-5-4-14-12-21(27,22(23,24)25)11-10-19(14,2)18(15)8-9-20(16,17)3/h14-18,27H,4-12H2,1-3H3/t14?,15-,16+,17-,18-,19-,20+,21?/m0/s1. The van der Waals surface area contributed by atoms with E-state index in [1.165, 1.54) is 0 Å². The molecule has 2 nitrogen and oxygen atoms in total. The number of hydrogen-bond donors (Lipinski definition) is 1. The van der Waals surface area contributed by atoms with E-state index in [0.717, 1.165) is 38.5 Å². The summed E-state index contributed by atoms with van der Waals surface area (Å²) in [5.41, 5.74) is -2.52. The molecular weight excluding hydrogens is 353 g/mol. The van der Waals surface area contributed by atoms with Crippen molar-refractivity contribution in [1.29, 1.82) is 0 Å². The van der Waals surface area contributed by atoms with Crippen molar-refractivity contribution in [3.05, 3.63) is 0 Å². The molecule has 0 aliphatic heterocycles. The number of rotatable bonds is 1. The maximum atomic E-state index is 13.4. The monoisotopic (exact) mass is 386 g/mol. The van der Waals surface area contributed by atoms with E-state index in [4.69, 9.17) is 0 Å². The maximum Gasteiger partial charge on any atom is 0.417 e. The lowest BCUT2D eigenvalue weighted by atomic mass is 9.43. The number of fused-ring (bicyclic) bond motifs is 5. The average Bonchev–Trinajstić information content (AvgIpc) is 2.92. The van der Waals surface area contributed by atoms with Crippen molar-refractivity contribution in [2.75, 3.05) is 0 Å². The van der Waals surface area contributed by atoms with Crippen molar-refractivity contribution in [3.8, 4) is 0 Å². The molecule has 5 heteroatoms. The second-order valence-electron chi connectivity index (χ2n) is 10.7. The lowest BCUT2D eigenvalue weighted by Crippen LogP contribution is -2.59. The Balaban J connectivity index is 1.59. The summed E-state index contributed by atoms with van der Waals surface area (Å²) in [4.78, 5) is 12.2. The van der Waals surface area contributed by atoms with Crippen LogP contribution in [0.15, 0.2) is 0 Å². The van der Waals surface area contributed by atoms with Gasteiger partial charge >= 0.3 is 6.18 Å². The summed E-state index contributed by atoms with van der Waals surface area (Å²) in [6, 6.07) is 0. The first-order valence-corrected chi connectivity index (χ1v) is 10.7. The SMILES string of the molecule is CC(=O)[C@H]1CC[C@H]2[C@@H]3CCC4CC(O)(C(F)(F)F)CC[C@]4(C)[C@H]3CC[C@]12C. The molecule has 4 aliphatic carbocycles. The molecule has 0 heterocycles. The van der Waals surface area contributed by atoms with Gasteiger partial charge in [-0.25, -0.2) is 0 Å². The van der Waals surface area contributed by atoms with Crippen LogP contribution in [0.25, 0.3) is 0 Å². The van der Waals surface area contributed by atoms with Crippen LogP contribution in [0.2, 0.25) is 0 Å². The van der Waals surface area contributed by atoms with E-state index < -0.39 is 11.8 Å². The Labute approximate surface area is 160 Å². The van der Waals surface area contributed by atoms with E-state index in [0.29, 0.717) is 30.0 Å². The Hall–Kier alpha value is -0.580. The molecule has 4 saturated carbocycles. The zero-order chi connectivity index (χ0) is 19.8. The molecule has 2 unspecified atom stereocenters. The van der Waals surface area contributed by atoms with Gasteiger partial charge in [-0.3, -0.25) is 4.79 Å². The zero-order valence-corrected chi connectivity index (χ0v) is 16.7. The third kappa shape index (κ3) is 2.66. The van der Waals surface area contributed by atoms with Crippen molar-refractivity contribution in [2.24, 2.45) is 40.4 Å². The quantitative estimate of drug-likeness (QED) is 0.643. The van der Waals surface area contributed by atoms with Gasteiger partial charge in [-0.1, -0.05) is 13.8 Å². The molecule has 0 spiro atoms. The fourth-order valence-corrected chi connectivity index (χ4v) is 8.17. The van der Waals surface area contributed by atoms with Crippen LogP contribution in [0.4, 0.5) is 13.2 Å². The Kier molecular flexibility index (Phi) is 4.36. The van der Waals surface area contributed by atoms with Gasteiger partial charge < -0.3 is 5.11 Å². The molecule has 8 atom stereocenters. The molecular formula is C22H33F3O2. The molecule has 4 fully saturated rings. The second kappa shape index (κ2) is 5.96. The van der Waals surface area contributed by atoms with Crippen LogP contribution in [-0.4, -0.2) is 22.7 Å². The Morgan fingerprint density at radius 3 is 2.22 bits per heavy atom. The molecule has 1 N–H and O–H groups in total. The Bertz CT molecular complexity index is 632. The summed E-state index contributed by atoms with van der Waals surface area (Å²) in [5, 5.41) is 10.3. The molecule has 4 aliphatic rings. The molecule has 0 aromatic carbocycles. The van der Waals surface area contributed by atoms with Crippen molar-refractivity contribution in [3.63, 3.8) is 0 Å². The third-order valence-corrected chi connectivity index (χ3v) is 9.74. The highest BCUT2D eigenvalue weighted by molar-refractivity contribution is 5.79. The summed E-state index contributed by atoms with van der Waals surface area (Å²) in [6.07, 6.45) is 1.51. The predicted octanol–water partition coefficient (Wildman–Crippen LogP) is 5.53. The molecule has 27 heavy (non-hydrogen) atoms. The van der Waals surface area contributed by atoms with Crippen molar-refractivity contribution >= 4 is 5.78 Å². The van der Waals surface area contributed by atoms with Crippen LogP contribution in [0.3, 0.4) is 0 Å². The summed E-state index contributed by atoms with van der Waals surface area (Å²) < 4.78 is 40.2. The lowest BCUT2D eigenvalue weighted by Gasteiger charge is -2.62. The normalized spacial score (nSPS) is 52.6. The average molecular weight is 386 g/mol. The van der Waals surface area contributed by atoms with Gasteiger partial charge in [0.1, 0.15) is 5.78 Å². The molecule has 4 rings (SSSR count). The van der Waals surface area contributed by atoms with Gasteiger partial charge in [0.15, 0.2) is 5.60 Å². The molecule has 154 valence electrons. The number of ketones is 1. The van der Waals surface area contributed by atoms with Crippen molar-refractivity contribution < 1.29 is 23.1 Å². The number of aliphatic hydroxyl groups is 1. The summed E-state index contributed by atoms with van der Waals surface area (Å²) in [5.74, 6) is 1.94. The summed E-state index contributed by atoms with van der Waals surface area (Å²) in [7, 11) is 0. The molecule has 0 aromatic heterocycles. The highest BCUT2D eigenvalue weighted by Gasteiger charge is 2.65. The lowest BCUT2D eigenvalue weighted by molar-refractivity contribution is -0.290. The topological polar surface area (TPSA) is 37.3 Å². The van der Waals surface area contributed by atoms with Crippen LogP contribution >= 0.6 is 0 Å². The fraction of sp³-hybridized carbons (Fsp3) is 0.955. The van der Waals surface area contributed by atoms with Gasteiger partial charge in [-0.2, -0.15) is 13.2 Å². The van der Waals surface area contributed by atoms with E-state index in [1.54, 1.807) is 6.92 Å². The van der Waals surface area contributed by atoms with Gasteiger partial charge in [0.25, 0.3) is 0 Å². The minimum absolute atomic E-state index is 0.0477. The predicted molar refractivity (Wildman–Crippen MR) is 96.9 cm³/mol. The van der Waals surface area contributed by atoms with Crippen LogP contribution in [0, 0.1) is 40.4 Å². The van der Waals surface area contributed by atoms with E-state index in [2.05, 4.69) is 13.8 Å². The smallest absolute Gasteiger partial charge is 0.380 e. The molecule has 0 saturated heterocycles. The van der Waals surface area contributed by atoms with Gasteiger partial charge in [0.2, 0.25) is 0 Å². The summed E-state index contributed by atoms with van der Waals surface area (Å²) >= 11 is 0. The highest BCUT2D eigenvalue weighted by atomic mass is 19.4. The summed E-state index contributed by atoms with van der Waals surface area (Å²) in [6.45, 7) is 6.22. The number of hydrogen-bond acceptors (Lipinski definition) is 2. The van der Waals surface area contributed by atoms with E-state index in [1.807, 2.05) is 0 Å². The van der Waals surface area contributed by atoms with Crippen LogP contribution in [0.5, 0.6) is 0 Å². The van der Waals surface area contributed by atoms with Gasteiger partial charge in [0, 0.05) is 5.92 Å². The highest BCUT2D eigenvalue weighted by Crippen LogP contribution is 2.68. The molecule has 0 radical (unpaired) electrons. The maximum absolute atomic E-state index is 13.4. The van der Waals surface area contributed by atoms with Gasteiger partial charge in [0.05, 0.1) is 0 Å². The third-order valence-electron chi connectivity index (χ3n) is 9.74.